The molecule has 0 bridgehead atoms. The van der Waals surface area contributed by atoms with Crippen molar-refractivity contribution >= 4 is 20.5 Å². The van der Waals surface area contributed by atoms with Gasteiger partial charge in [-0.3, -0.25) is 0 Å². The van der Waals surface area contributed by atoms with Gasteiger partial charge in [-0.05, 0) is 6.42 Å². The number of hydrogen-bond acceptors (Lipinski definition) is 1. The van der Waals surface area contributed by atoms with Crippen molar-refractivity contribution in [2.24, 2.45) is 5.73 Å². The largest absolute Gasteiger partial charge is 0.324 e. The smallest absolute Gasteiger partial charge is 0.0714 e. The van der Waals surface area contributed by atoms with E-state index in [1.165, 1.54) is 12.5 Å². The third-order valence-electron chi connectivity index (χ3n) is 1.92. The van der Waals surface area contributed by atoms with Gasteiger partial charge in [0.1, 0.15) is 0 Å². The van der Waals surface area contributed by atoms with E-state index in [0.29, 0.717) is 6.04 Å². The summed E-state index contributed by atoms with van der Waals surface area (Å²) in [5, 5.41) is 0. The van der Waals surface area contributed by atoms with Gasteiger partial charge in [-0.25, -0.2) is 0 Å². The monoisotopic (exact) mass is 177 g/mol. The van der Waals surface area contributed by atoms with Gasteiger partial charge in [-0.2, -0.15) is 0 Å². The molecule has 0 spiro atoms. The summed E-state index contributed by atoms with van der Waals surface area (Å²) in [6, 6.07) is 1.72. The quantitative estimate of drug-likeness (QED) is 0.563. The molecule has 1 heterocycles. The van der Waals surface area contributed by atoms with Crippen LogP contribution in [0.1, 0.15) is 6.42 Å². The molecule has 0 fully saturated rings. The maximum absolute atomic E-state index is 5.69. The van der Waals surface area contributed by atoms with Crippen molar-refractivity contribution in [3.63, 3.8) is 0 Å². The van der Waals surface area contributed by atoms with Crippen LogP contribution >= 0.6 is 12.4 Å². The Balaban J connectivity index is 0.000000810. The van der Waals surface area contributed by atoms with E-state index in [0.717, 1.165) is 0 Å². The first kappa shape index (κ1) is 10.2. The van der Waals surface area contributed by atoms with Crippen molar-refractivity contribution in [3.8, 4) is 0 Å². The summed E-state index contributed by atoms with van der Waals surface area (Å²) < 4.78 is 0. The fraction of sp³-hybridized carbons (Fsp3) is 0.714. The van der Waals surface area contributed by atoms with Crippen molar-refractivity contribution in [2.75, 3.05) is 0 Å². The zero-order valence-corrected chi connectivity index (χ0v) is 8.45. The average Bonchev–Trinajstić information content (AvgIpc) is 1.78. The predicted octanol–water partition coefficient (Wildman–Crippen LogP) is 1.94. The number of hydrogen-bond donors (Lipinski definition) is 1. The molecule has 1 aliphatic heterocycles. The lowest BCUT2D eigenvalue weighted by Crippen LogP contribution is -2.32. The van der Waals surface area contributed by atoms with E-state index in [1.54, 1.807) is 0 Å². The van der Waals surface area contributed by atoms with Crippen LogP contribution in [0, 0.1) is 0 Å². The molecule has 1 atom stereocenters. The molecule has 0 saturated heterocycles. The molecule has 0 aliphatic carbocycles. The first-order valence-electron chi connectivity index (χ1n) is 3.55. The predicted molar refractivity (Wildman–Crippen MR) is 51.3 cm³/mol. The van der Waals surface area contributed by atoms with Crippen LogP contribution in [0.15, 0.2) is 11.8 Å². The molecule has 10 heavy (non-hydrogen) atoms. The minimum atomic E-state index is -0.893. The summed E-state index contributed by atoms with van der Waals surface area (Å²) in [7, 11) is -0.893. The maximum atomic E-state index is 5.69. The van der Waals surface area contributed by atoms with E-state index in [4.69, 9.17) is 5.73 Å². The molecule has 1 aliphatic rings. The first-order chi connectivity index (χ1) is 4.10. The second-order valence-electron chi connectivity index (χ2n) is 3.55. The molecule has 0 saturated carbocycles. The molecule has 0 amide bonds. The average molecular weight is 178 g/mol. The second-order valence-corrected chi connectivity index (χ2v) is 8.36. The molecule has 0 radical (unpaired) electrons. The Kier molecular flexibility index (Phi) is 3.63. The lowest BCUT2D eigenvalue weighted by Gasteiger charge is -2.24. The van der Waals surface area contributed by atoms with Crippen LogP contribution in [0.3, 0.4) is 0 Å². The zero-order chi connectivity index (χ0) is 6.91. The van der Waals surface area contributed by atoms with Gasteiger partial charge in [-0.1, -0.05) is 30.9 Å². The molecular formula is C7H16ClNSi. The highest BCUT2D eigenvalue weighted by Crippen LogP contribution is 2.19. The standard InChI is InChI=1S/C7H15NSi.ClH/c1-9(2)5-3-7(8)4-6-9;/h3,5,7H,4,6,8H2,1-2H3;1H. The third kappa shape index (κ3) is 2.86. The highest BCUT2D eigenvalue weighted by molar-refractivity contribution is 6.82. The molecule has 0 aromatic heterocycles. The van der Waals surface area contributed by atoms with E-state index in [-0.39, 0.29) is 12.4 Å². The molecule has 1 unspecified atom stereocenters. The van der Waals surface area contributed by atoms with Crippen molar-refractivity contribution in [3.05, 3.63) is 11.8 Å². The summed E-state index contributed by atoms with van der Waals surface area (Å²) in [6.07, 6.45) is 3.38. The van der Waals surface area contributed by atoms with E-state index in [9.17, 15) is 0 Å². The van der Waals surface area contributed by atoms with Gasteiger partial charge >= 0.3 is 0 Å². The first-order valence-corrected chi connectivity index (χ1v) is 6.83. The van der Waals surface area contributed by atoms with Crippen molar-refractivity contribution in [1.82, 2.24) is 0 Å². The van der Waals surface area contributed by atoms with Crippen LogP contribution in [-0.2, 0) is 0 Å². The highest BCUT2D eigenvalue weighted by atomic mass is 35.5. The number of halogens is 1. The Bertz CT molecular complexity index is 134. The summed E-state index contributed by atoms with van der Waals surface area (Å²) in [5.74, 6) is 0. The highest BCUT2D eigenvalue weighted by Gasteiger charge is 2.21. The van der Waals surface area contributed by atoms with Gasteiger partial charge in [-0.15, -0.1) is 12.4 Å². The molecule has 0 aromatic rings. The van der Waals surface area contributed by atoms with Gasteiger partial charge in [0.2, 0.25) is 0 Å². The van der Waals surface area contributed by atoms with Crippen LogP contribution in [0.25, 0.3) is 0 Å². The van der Waals surface area contributed by atoms with Gasteiger partial charge < -0.3 is 5.73 Å². The van der Waals surface area contributed by atoms with Crippen LogP contribution in [0.2, 0.25) is 19.1 Å². The van der Waals surface area contributed by atoms with Gasteiger partial charge in [0, 0.05) is 6.04 Å². The molecular weight excluding hydrogens is 162 g/mol. The van der Waals surface area contributed by atoms with Crippen LogP contribution in [0.4, 0.5) is 0 Å². The Labute approximate surface area is 70.1 Å². The molecule has 1 nitrogen and oxygen atoms in total. The fourth-order valence-corrected chi connectivity index (χ4v) is 3.11. The van der Waals surface area contributed by atoms with E-state index in [1.807, 2.05) is 0 Å². The van der Waals surface area contributed by atoms with E-state index in [2.05, 4.69) is 24.9 Å². The lowest BCUT2D eigenvalue weighted by molar-refractivity contribution is 0.762. The fourth-order valence-electron chi connectivity index (χ4n) is 1.10. The summed E-state index contributed by atoms with van der Waals surface area (Å²) in [5.41, 5.74) is 8.05. The SMILES string of the molecule is C[Si]1(C)C=CC(N)CC1.Cl. The molecule has 2 N–H and O–H groups in total. The number of nitrogens with two attached hydrogens (primary N) is 1. The minimum Gasteiger partial charge on any atom is -0.324 e. The number of rotatable bonds is 0. The Hall–Kier alpha value is 0.207. The molecule has 3 heteroatoms. The van der Waals surface area contributed by atoms with Crippen LogP contribution in [0.5, 0.6) is 0 Å². The van der Waals surface area contributed by atoms with Gasteiger partial charge in [0.05, 0.1) is 8.07 Å². The zero-order valence-electron chi connectivity index (χ0n) is 6.63. The van der Waals surface area contributed by atoms with Gasteiger partial charge in [0.25, 0.3) is 0 Å². The third-order valence-corrected chi connectivity index (χ3v) is 4.59. The minimum absolute atomic E-state index is 0. The van der Waals surface area contributed by atoms with Crippen LogP contribution in [-0.4, -0.2) is 14.1 Å². The lowest BCUT2D eigenvalue weighted by atomic mass is 10.2. The molecule has 60 valence electrons. The molecule has 0 aromatic carbocycles. The Morgan fingerprint density at radius 3 is 2.40 bits per heavy atom. The van der Waals surface area contributed by atoms with E-state index < -0.39 is 8.07 Å². The van der Waals surface area contributed by atoms with Gasteiger partial charge in [0.15, 0.2) is 0 Å². The maximum Gasteiger partial charge on any atom is 0.0714 e. The normalized spacial score (nSPS) is 29.3. The van der Waals surface area contributed by atoms with E-state index >= 15 is 0 Å². The summed E-state index contributed by atoms with van der Waals surface area (Å²) in [4.78, 5) is 0. The topological polar surface area (TPSA) is 26.0 Å². The van der Waals surface area contributed by atoms with Crippen LogP contribution < -0.4 is 5.73 Å². The van der Waals surface area contributed by atoms with Crippen molar-refractivity contribution in [2.45, 2.75) is 31.6 Å². The van der Waals surface area contributed by atoms with Crippen molar-refractivity contribution < 1.29 is 0 Å². The van der Waals surface area contributed by atoms with Crippen molar-refractivity contribution in [1.29, 1.82) is 0 Å². The second kappa shape index (κ2) is 3.56. The summed E-state index contributed by atoms with van der Waals surface area (Å²) >= 11 is 0. The Morgan fingerprint density at radius 2 is 2.10 bits per heavy atom. The summed E-state index contributed by atoms with van der Waals surface area (Å²) in [6.45, 7) is 4.77. The Morgan fingerprint density at radius 1 is 1.50 bits per heavy atom. The molecule has 1 rings (SSSR count).